The normalized spacial score (nSPS) is 10.2. The van der Waals surface area contributed by atoms with Gasteiger partial charge in [0.05, 0.1) is 12.3 Å². The van der Waals surface area contributed by atoms with Crippen LogP contribution in [-0.4, -0.2) is 16.8 Å². The molecule has 0 atom stereocenters. The van der Waals surface area contributed by atoms with Crippen molar-refractivity contribution in [1.82, 2.24) is 10.2 Å². The number of hydrogen-bond acceptors (Lipinski definition) is 3. The molecule has 0 saturated heterocycles. The van der Waals surface area contributed by atoms with Crippen molar-refractivity contribution in [3.05, 3.63) is 41.0 Å². The molecule has 0 aliphatic rings. The van der Waals surface area contributed by atoms with Gasteiger partial charge in [-0.15, -0.1) is 0 Å². The fourth-order valence-corrected chi connectivity index (χ4v) is 1.56. The summed E-state index contributed by atoms with van der Waals surface area (Å²) in [6, 6.07) is 11.6. The molecule has 0 spiro atoms. The van der Waals surface area contributed by atoms with Gasteiger partial charge in [0.2, 0.25) is 0 Å². The van der Waals surface area contributed by atoms with Gasteiger partial charge in [-0.05, 0) is 42.8 Å². The Labute approximate surface area is 105 Å². The van der Waals surface area contributed by atoms with Crippen molar-refractivity contribution in [1.29, 1.82) is 0 Å². The van der Waals surface area contributed by atoms with Gasteiger partial charge >= 0.3 is 0 Å². The topological polar surface area (TPSA) is 37.9 Å². The molecule has 3 nitrogen and oxygen atoms in total. The van der Waals surface area contributed by atoms with Gasteiger partial charge in [-0.1, -0.05) is 19.1 Å². The quantitative estimate of drug-likeness (QED) is 0.838. The van der Waals surface area contributed by atoms with Crippen molar-refractivity contribution < 1.29 is 4.74 Å². The standard InChI is InChI=1S/C13H14N2OS/c1-2-9-16-11-5-3-10(4-6-11)12-7-8-13(17)15-14-12/h3-8H,2,9H2,1H3,(H,15,17). The maximum absolute atomic E-state index is 5.52. The second-order valence-corrected chi connectivity index (χ2v) is 4.12. The Kier molecular flexibility index (Phi) is 3.88. The van der Waals surface area contributed by atoms with Crippen molar-refractivity contribution in [2.45, 2.75) is 13.3 Å². The zero-order chi connectivity index (χ0) is 12.1. The number of H-pyrrole nitrogens is 1. The summed E-state index contributed by atoms with van der Waals surface area (Å²) >= 11 is 4.95. The Morgan fingerprint density at radius 3 is 2.53 bits per heavy atom. The molecule has 17 heavy (non-hydrogen) atoms. The van der Waals surface area contributed by atoms with Crippen LogP contribution >= 0.6 is 12.2 Å². The largest absolute Gasteiger partial charge is 0.494 e. The number of ether oxygens (including phenoxy) is 1. The third kappa shape index (κ3) is 3.14. The first kappa shape index (κ1) is 11.8. The minimum atomic E-state index is 0.636. The summed E-state index contributed by atoms with van der Waals surface area (Å²) in [6.07, 6.45) is 1.01. The molecule has 0 aliphatic heterocycles. The van der Waals surface area contributed by atoms with Crippen LogP contribution in [0.2, 0.25) is 0 Å². The van der Waals surface area contributed by atoms with E-state index in [1.807, 2.05) is 36.4 Å². The molecule has 1 N–H and O–H groups in total. The van der Waals surface area contributed by atoms with E-state index in [4.69, 9.17) is 17.0 Å². The smallest absolute Gasteiger partial charge is 0.119 e. The van der Waals surface area contributed by atoms with Crippen LogP contribution in [0.3, 0.4) is 0 Å². The summed E-state index contributed by atoms with van der Waals surface area (Å²) in [6.45, 7) is 2.83. The molecule has 1 heterocycles. The van der Waals surface area contributed by atoms with E-state index in [2.05, 4.69) is 17.1 Å². The monoisotopic (exact) mass is 246 g/mol. The molecule has 1 aromatic heterocycles. The van der Waals surface area contributed by atoms with Gasteiger partial charge in [0, 0.05) is 5.56 Å². The van der Waals surface area contributed by atoms with E-state index in [1.54, 1.807) is 0 Å². The number of rotatable bonds is 4. The van der Waals surface area contributed by atoms with Crippen LogP contribution in [0.15, 0.2) is 36.4 Å². The first-order valence-corrected chi connectivity index (χ1v) is 5.99. The van der Waals surface area contributed by atoms with Crippen molar-refractivity contribution in [3.63, 3.8) is 0 Å². The van der Waals surface area contributed by atoms with Crippen LogP contribution in [0.25, 0.3) is 11.3 Å². The van der Waals surface area contributed by atoms with Gasteiger partial charge in [-0.2, -0.15) is 5.10 Å². The average molecular weight is 246 g/mol. The molecule has 0 radical (unpaired) electrons. The molecule has 0 amide bonds. The predicted molar refractivity (Wildman–Crippen MR) is 70.6 cm³/mol. The first-order chi connectivity index (χ1) is 8.29. The van der Waals surface area contributed by atoms with Gasteiger partial charge in [0.15, 0.2) is 0 Å². The van der Waals surface area contributed by atoms with Crippen LogP contribution in [0.1, 0.15) is 13.3 Å². The maximum Gasteiger partial charge on any atom is 0.119 e. The molecule has 88 valence electrons. The highest BCUT2D eigenvalue weighted by atomic mass is 32.1. The van der Waals surface area contributed by atoms with Crippen molar-refractivity contribution in [3.8, 4) is 17.0 Å². The number of aromatic amines is 1. The molecular formula is C13H14N2OS. The number of benzene rings is 1. The van der Waals surface area contributed by atoms with Crippen molar-refractivity contribution in [2.24, 2.45) is 0 Å². The van der Waals surface area contributed by atoms with E-state index >= 15 is 0 Å². The Hall–Kier alpha value is -1.68. The van der Waals surface area contributed by atoms with Crippen LogP contribution in [0.4, 0.5) is 0 Å². The van der Waals surface area contributed by atoms with Gasteiger partial charge in [0.1, 0.15) is 10.4 Å². The summed E-state index contributed by atoms with van der Waals surface area (Å²) in [7, 11) is 0. The van der Waals surface area contributed by atoms with Gasteiger partial charge in [0.25, 0.3) is 0 Å². The second kappa shape index (κ2) is 5.59. The highest BCUT2D eigenvalue weighted by Gasteiger charge is 1.99. The lowest BCUT2D eigenvalue weighted by Crippen LogP contribution is -1.94. The Balaban J connectivity index is 2.17. The molecule has 0 unspecified atom stereocenters. The molecular weight excluding hydrogens is 232 g/mol. The fourth-order valence-electron chi connectivity index (χ4n) is 1.45. The third-order valence-electron chi connectivity index (χ3n) is 2.30. The first-order valence-electron chi connectivity index (χ1n) is 5.58. The van der Waals surface area contributed by atoms with Crippen molar-refractivity contribution in [2.75, 3.05) is 6.61 Å². The number of nitrogens with one attached hydrogen (secondary N) is 1. The maximum atomic E-state index is 5.52. The highest BCUT2D eigenvalue weighted by molar-refractivity contribution is 7.71. The molecule has 0 bridgehead atoms. The molecule has 0 fully saturated rings. The van der Waals surface area contributed by atoms with E-state index in [0.717, 1.165) is 30.0 Å². The average Bonchev–Trinajstić information content (AvgIpc) is 2.38. The summed E-state index contributed by atoms with van der Waals surface area (Å²) in [5.74, 6) is 0.888. The van der Waals surface area contributed by atoms with Crippen LogP contribution in [0.5, 0.6) is 5.75 Å². The molecule has 4 heteroatoms. The third-order valence-corrected chi connectivity index (χ3v) is 2.53. The molecule has 2 aromatic rings. The lowest BCUT2D eigenvalue weighted by atomic mass is 10.1. The Morgan fingerprint density at radius 2 is 1.94 bits per heavy atom. The fraction of sp³-hybridized carbons (Fsp3) is 0.231. The SMILES string of the molecule is CCCOc1ccc(-c2ccc(=S)[nH]n2)cc1. The summed E-state index contributed by atoms with van der Waals surface area (Å²) in [5, 5.41) is 6.95. The van der Waals surface area contributed by atoms with Crippen LogP contribution < -0.4 is 4.74 Å². The molecule has 0 saturated carbocycles. The van der Waals surface area contributed by atoms with Gasteiger partial charge in [-0.3, -0.25) is 5.10 Å². The van der Waals surface area contributed by atoms with E-state index in [1.165, 1.54) is 0 Å². The number of hydrogen-bond donors (Lipinski definition) is 1. The number of nitrogens with zero attached hydrogens (tertiary/aromatic N) is 1. The lowest BCUT2D eigenvalue weighted by Gasteiger charge is -2.05. The van der Waals surface area contributed by atoms with E-state index in [-0.39, 0.29) is 0 Å². The Bertz CT molecular complexity index is 513. The zero-order valence-corrected chi connectivity index (χ0v) is 10.5. The van der Waals surface area contributed by atoms with Crippen LogP contribution in [0, 0.1) is 4.64 Å². The lowest BCUT2D eigenvalue weighted by molar-refractivity contribution is 0.317. The Morgan fingerprint density at radius 1 is 1.18 bits per heavy atom. The minimum Gasteiger partial charge on any atom is -0.494 e. The van der Waals surface area contributed by atoms with Gasteiger partial charge < -0.3 is 4.74 Å². The molecule has 1 aromatic carbocycles. The van der Waals surface area contributed by atoms with E-state index in [9.17, 15) is 0 Å². The van der Waals surface area contributed by atoms with E-state index in [0.29, 0.717) is 4.64 Å². The van der Waals surface area contributed by atoms with E-state index < -0.39 is 0 Å². The zero-order valence-electron chi connectivity index (χ0n) is 9.64. The molecule has 2 rings (SSSR count). The summed E-state index contributed by atoms with van der Waals surface area (Å²) < 4.78 is 6.16. The van der Waals surface area contributed by atoms with Crippen molar-refractivity contribution >= 4 is 12.2 Å². The number of aromatic nitrogens is 2. The minimum absolute atomic E-state index is 0.636. The van der Waals surface area contributed by atoms with Crippen LogP contribution in [-0.2, 0) is 0 Å². The second-order valence-electron chi connectivity index (χ2n) is 3.68. The summed E-state index contributed by atoms with van der Waals surface area (Å²) in [4.78, 5) is 0. The molecule has 0 aliphatic carbocycles. The highest BCUT2D eigenvalue weighted by Crippen LogP contribution is 2.20. The predicted octanol–water partition coefficient (Wildman–Crippen LogP) is 3.59. The summed E-state index contributed by atoms with van der Waals surface area (Å²) in [5.41, 5.74) is 1.92. The van der Waals surface area contributed by atoms with Gasteiger partial charge in [-0.25, -0.2) is 0 Å².